The first-order valence-electron chi connectivity index (χ1n) is 16.0. The molecule has 3 rings (SSSR count). The molecule has 2 saturated heterocycles. The van der Waals surface area contributed by atoms with Crippen LogP contribution in [0.2, 0.25) is 0 Å². The fraction of sp³-hybridized carbons (Fsp3) is 0.839. The van der Waals surface area contributed by atoms with Gasteiger partial charge in [-0.15, -0.1) is 0 Å². The Morgan fingerprint density at radius 3 is 2.24 bits per heavy atom. The van der Waals surface area contributed by atoms with Crippen molar-refractivity contribution in [3.8, 4) is 0 Å². The summed E-state index contributed by atoms with van der Waals surface area (Å²) in [6.45, 7) is 11.5. The zero-order chi connectivity index (χ0) is 33.9. The van der Waals surface area contributed by atoms with Crippen LogP contribution >= 0.6 is 0 Å². The van der Waals surface area contributed by atoms with Crippen LogP contribution < -0.4 is 10.6 Å². The topological polar surface area (TPSA) is 184 Å². The van der Waals surface area contributed by atoms with Gasteiger partial charge in [-0.05, 0) is 52.9 Å². The smallest absolute Gasteiger partial charge is 0.412 e. The van der Waals surface area contributed by atoms with E-state index in [1.54, 1.807) is 46.4 Å². The second-order valence-corrected chi connectivity index (χ2v) is 14.0. The van der Waals surface area contributed by atoms with Gasteiger partial charge in [-0.2, -0.15) is 0 Å². The molecule has 1 saturated carbocycles. The van der Waals surface area contributed by atoms with Crippen LogP contribution in [0.25, 0.3) is 0 Å². The molecule has 0 aromatic rings. The minimum Gasteiger partial charge on any atom is -0.480 e. The lowest BCUT2D eigenvalue weighted by Gasteiger charge is -2.37. The van der Waals surface area contributed by atoms with Crippen molar-refractivity contribution in [2.45, 2.75) is 141 Å². The van der Waals surface area contributed by atoms with Crippen molar-refractivity contribution in [2.75, 3.05) is 13.7 Å². The first-order chi connectivity index (χ1) is 20.9. The Labute approximate surface area is 265 Å². The average Bonchev–Trinajstić information content (AvgIpc) is 3.39. The van der Waals surface area contributed by atoms with Gasteiger partial charge in [0.25, 0.3) is 0 Å². The second kappa shape index (κ2) is 14.5. The number of carbonyl (C=O) groups is 5. The van der Waals surface area contributed by atoms with Crippen molar-refractivity contribution in [3.05, 3.63) is 0 Å². The maximum absolute atomic E-state index is 14.0. The quantitative estimate of drug-likeness (QED) is 0.262. The van der Waals surface area contributed by atoms with Gasteiger partial charge in [0, 0.05) is 7.05 Å². The first kappa shape index (κ1) is 36.3. The summed E-state index contributed by atoms with van der Waals surface area (Å²) in [5, 5.41) is 23.7. The molecular weight excluding hydrogens is 588 g/mol. The molecule has 1 aliphatic carbocycles. The first-order valence-corrected chi connectivity index (χ1v) is 16.0. The lowest BCUT2D eigenvalue weighted by atomic mass is 9.82. The molecule has 45 heavy (non-hydrogen) atoms. The highest BCUT2D eigenvalue weighted by Gasteiger charge is 2.60. The van der Waals surface area contributed by atoms with E-state index in [1.165, 1.54) is 7.05 Å². The van der Waals surface area contributed by atoms with Gasteiger partial charge in [-0.1, -0.05) is 52.4 Å². The molecule has 3 aliphatic rings. The van der Waals surface area contributed by atoms with Gasteiger partial charge in [0.15, 0.2) is 12.1 Å². The van der Waals surface area contributed by atoms with Crippen molar-refractivity contribution >= 4 is 30.0 Å². The van der Waals surface area contributed by atoms with E-state index in [0.29, 0.717) is 18.8 Å². The van der Waals surface area contributed by atoms with Crippen molar-refractivity contribution in [3.63, 3.8) is 0 Å². The number of amides is 4. The van der Waals surface area contributed by atoms with Crippen LogP contribution in [-0.2, 0) is 28.6 Å². The number of aliphatic carboxylic acids is 1. The predicted molar refractivity (Wildman–Crippen MR) is 162 cm³/mol. The molecule has 4 N–H and O–H groups in total. The molecule has 0 radical (unpaired) electrons. The maximum Gasteiger partial charge on any atom is 0.412 e. The van der Waals surface area contributed by atoms with Crippen LogP contribution in [0.1, 0.15) is 93.4 Å². The number of cyclic esters (lactones) is 1. The Morgan fingerprint density at radius 1 is 1.09 bits per heavy atom. The summed E-state index contributed by atoms with van der Waals surface area (Å²) in [4.78, 5) is 67.9. The van der Waals surface area contributed by atoms with Gasteiger partial charge in [0.2, 0.25) is 11.8 Å². The molecule has 4 amide bonds. The molecule has 3 fully saturated rings. The van der Waals surface area contributed by atoms with Gasteiger partial charge >= 0.3 is 18.2 Å². The standard InChI is InChI=1S/C31H52N4O10/c1-9-17(2)21(25(37)32-19(16-36)27(39)40)33-26(38)22-24(43-28(41)34(22)8)23-20(15-18-13-11-10-12-14-18)35(31(6,7)44-23)29(42)45-30(3,4)5/h17-24,36H,9-16H2,1-8H3,(H,32,37)(H,33,38)(H,39,40)/t17-,19-,20-,21-,22+,23+,24-/m0/s1. The molecule has 0 aromatic carbocycles. The molecule has 7 atom stereocenters. The number of aliphatic hydroxyl groups excluding tert-OH is 1. The summed E-state index contributed by atoms with van der Waals surface area (Å²) in [5.74, 6) is -3.03. The molecule has 256 valence electrons. The third-order valence-electron chi connectivity index (χ3n) is 9.04. The molecule has 0 spiro atoms. The van der Waals surface area contributed by atoms with Crippen LogP contribution in [-0.4, -0.2) is 111 Å². The minimum atomic E-state index is -1.55. The molecule has 14 nitrogen and oxygen atoms in total. The van der Waals surface area contributed by atoms with E-state index in [0.717, 1.165) is 37.0 Å². The van der Waals surface area contributed by atoms with Crippen molar-refractivity contribution < 1.29 is 48.4 Å². The van der Waals surface area contributed by atoms with Gasteiger partial charge in [-0.3, -0.25) is 19.4 Å². The zero-order valence-electron chi connectivity index (χ0n) is 27.8. The number of carbonyl (C=O) groups excluding carboxylic acids is 4. The van der Waals surface area contributed by atoms with Crippen LogP contribution in [0.4, 0.5) is 9.59 Å². The summed E-state index contributed by atoms with van der Waals surface area (Å²) in [7, 11) is 1.42. The number of carboxylic acids is 1. The Kier molecular flexibility index (Phi) is 11.7. The van der Waals surface area contributed by atoms with Crippen LogP contribution in [0.3, 0.4) is 0 Å². The highest BCUT2D eigenvalue weighted by Crippen LogP contribution is 2.43. The number of hydrogen-bond acceptors (Lipinski definition) is 9. The zero-order valence-corrected chi connectivity index (χ0v) is 27.8. The van der Waals surface area contributed by atoms with Crippen molar-refractivity contribution in [1.29, 1.82) is 0 Å². The van der Waals surface area contributed by atoms with Gasteiger partial charge in [0.05, 0.1) is 12.6 Å². The van der Waals surface area contributed by atoms with E-state index in [9.17, 15) is 34.2 Å². The molecule has 0 bridgehead atoms. The molecule has 2 aliphatic heterocycles. The van der Waals surface area contributed by atoms with E-state index in [2.05, 4.69) is 10.6 Å². The Bertz CT molecular complexity index is 1100. The Hall–Kier alpha value is -3.13. The number of nitrogens with one attached hydrogen (secondary N) is 2. The lowest BCUT2D eigenvalue weighted by molar-refractivity contribution is -0.144. The van der Waals surface area contributed by atoms with E-state index in [1.807, 2.05) is 6.92 Å². The van der Waals surface area contributed by atoms with Crippen LogP contribution in [0.5, 0.6) is 0 Å². The molecular formula is C31H52N4O10. The SMILES string of the molecule is CC[C@H](C)[C@H](NC(=O)[C@H]1[C@@H]([C@@H]2OC(C)(C)N(C(=O)OC(C)(C)C)[C@H]2CC2CCCCC2)OC(=O)N1C)C(=O)N[C@@H](CO)C(=O)O. The third kappa shape index (κ3) is 8.57. The minimum absolute atomic E-state index is 0.294. The number of likely N-dealkylation sites (N-methyl/N-ethyl adjacent to an activating group) is 1. The fourth-order valence-corrected chi connectivity index (χ4v) is 6.53. The molecule has 0 aromatic heterocycles. The molecule has 0 unspecified atom stereocenters. The van der Waals surface area contributed by atoms with Gasteiger partial charge < -0.3 is 35.1 Å². The third-order valence-corrected chi connectivity index (χ3v) is 9.04. The predicted octanol–water partition coefficient (Wildman–Crippen LogP) is 2.61. The second-order valence-electron chi connectivity index (χ2n) is 14.0. The van der Waals surface area contributed by atoms with Gasteiger partial charge in [-0.25, -0.2) is 14.4 Å². The average molecular weight is 641 g/mol. The van der Waals surface area contributed by atoms with E-state index in [4.69, 9.17) is 14.2 Å². The maximum atomic E-state index is 14.0. The van der Waals surface area contributed by atoms with E-state index < -0.39 is 90.2 Å². The van der Waals surface area contributed by atoms with E-state index >= 15 is 0 Å². The number of nitrogens with zero attached hydrogens (tertiary/aromatic N) is 2. The highest BCUT2D eigenvalue weighted by atomic mass is 16.6. The van der Waals surface area contributed by atoms with Crippen LogP contribution in [0, 0.1) is 11.8 Å². The number of ether oxygens (including phenoxy) is 3. The Balaban J connectivity index is 1.96. The summed E-state index contributed by atoms with van der Waals surface area (Å²) in [6.07, 6.45) is 2.93. The largest absolute Gasteiger partial charge is 0.480 e. The summed E-state index contributed by atoms with van der Waals surface area (Å²) < 4.78 is 18.1. The Morgan fingerprint density at radius 2 is 1.71 bits per heavy atom. The lowest BCUT2D eigenvalue weighted by Crippen LogP contribution is -2.60. The molecule has 2 heterocycles. The number of hydrogen-bond donors (Lipinski definition) is 4. The van der Waals surface area contributed by atoms with Crippen molar-refractivity contribution in [1.82, 2.24) is 20.4 Å². The summed E-state index contributed by atoms with van der Waals surface area (Å²) in [6, 6.07) is -4.52. The highest BCUT2D eigenvalue weighted by molar-refractivity contribution is 5.94. The normalized spacial score (nSPS) is 27.4. The fourth-order valence-electron chi connectivity index (χ4n) is 6.53. The summed E-state index contributed by atoms with van der Waals surface area (Å²) in [5.41, 5.74) is -1.93. The van der Waals surface area contributed by atoms with E-state index in [-0.39, 0.29) is 0 Å². The number of rotatable bonds is 11. The monoisotopic (exact) mass is 640 g/mol. The van der Waals surface area contributed by atoms with Crippen LogP contribution in [0.15, 0.2) is 0 Å². The number of aliphatic hydroxyl groups is 1. The molecule has 14 heteroatoms. The van der Waals surface area contributed by atoms with Gasteiger partial charge in [0.1, 0.15) is 29.5 Å². The van der Waals surface area contributed by atoms with Crippen molar-refractivity contribution in [2.24, 2.45) is 11.8 Å². The number of carboxylic acid groups (broad SMARTS) is 1. The summed E-state index contributed by atoms with van der Waals surface area (Å²) >= 11 is 0.